The van der Waals surface area contributed by atoms with Crippen LogP contribution in [0, 0.1) is 0 Å². The topological polar surface area (TPSA) is 40.5 Å². The molecule has 0 aromatic rings. The van der Waals surface area contributed by atoms with E-state index in [0.717, 1.165) is 0 Å². The molecule has 0 saturated heterocycles. The summed E-state index contributed by atoms with van der Waals surface area (Å²) < 4.78 is 1.54. The Morgan fingerprint density at radius 2 is 2.38 bits per heavy atom. The fourth-order valence-electron chi connectivity index (χ4n) is 0.257. The summed E-state index contributed by atoms with van der Waals surface area (Å²) in [6.07, 6.45) is 0.153. The Balaban J connectivity index is 3.05. The van der Waals surface area contributed by atoms with Gasteiger partial charge in [-0.05, 0) is 7.05 Å². The molecule has 0 aliphatic heterocycles. The lowest BCUT2D eigenvalue weighted by atomic mass is 10.4. The van der Waals surface area contributed by atoms with Crippen molar-refractivity contribution in [3.05, 3.63) is 0 Å². The Morgan fingerprint density at radius 3 is 2.50 bits per heavy atom. The van der Waals surface area contributed by atoms with Gasteiger partial charge in [-0.15, -0.1) is 0 Å². The highest BCUT2D eigenvalue weighted by Crippen LogP contribution is 1.88. The highest BCUT2D eigenvalue weighted by atomic mass is 32.1. The molecule has 0 unspecified atom stereocenters. The van der Waals surface area contributed by atoms with Crippen LogP contribution < -0.4 is 0 Å². The second kappa shape index (κ2) is 3.74. The molecule has 0 rings (SSSR count). The molecular weight excluding hydrogens is 126 g/mol. The highest BCUT2D eigenvalue weighted by molar-refractivity contribution is 7.77. The lowest BCUT2D eigenvalue weighted by molar-refractivity contribution is -0.137. The van der Waals surface area contributed by atoms with E-state index in [9.17, 15) is 4.79 Å². The molecule has 3 nitrogen and oxygen atoms in total. The molecule has 48 valence electrons. The van der Waals surface area contributed by atoms with Crippen LogP contribution in [0.15, 0.2) is 0 Å². The fraction of sp³-hybridized carbons (Fsp3) is 0.750. The molecule has 0 saturated carbocycles. The summed E-state index contributed by atoms with van der Waals surface area (Å²) in [4.78, 5) is 9.84. The van der Waals surface area contributed by atoms with Gasteiger partial charge in [0.2, 0.25) is 0 Å². The van der Waals surface area contributed by atoms with E-state index in [1.54, 1.807) is 7.05 Å². The number of nitrogens with zero attached hydrogens (tertiary/aromatic N) is 1. The number of carboxylic acids is 1. The molecule has 0 aliphatic carbocycles. The molecule has 0 amide bonds. The van der Waals surface area contributed by atoms with E-state index in [1.807, 2.05) is 0 Å². The zero-order valence-corrected chi connectivity index (χ0v) is 5.56. The Hall–Kier alpha value is -0.220. The zero-order chi connectivity index (χ0) is 6.57. The first kappa shape index (κ1) is 7.78. The van der Waals surface area contributed by atoms with Crippen LogP contribution >= 0.6 is 12.8 Å². The monoisotopic (exact) mass is 135 g/mol. The van der Waals surface area contributed by atoms with Crippen LogP contribution in [0.5, 0.6) is 0 Å². The van der Waals surface area contributed by atoms with Gasteiger partial charge >= 0.3 is 5.97 Å². The van der Waals surface area contributed by atoms with Crippen LogP contribution in [0.25, 0.3) is 0 Å². The summed E-state index contributed by atoms with van der Waals surface area (Å²) in [5, 5.41) is 8.10. The van der Waals surface area contributed by atoms with Crippen molar-refractivity contribution < 1.29 is 9.90 Å². The van der Waals surface area contributed by atoms with Crippen molar-refractivity contribution in [2.75, 3.05) is 13.6 Å². The van der Waals surface area contributed by atoms with Crippen molar-refractivity contribution in [2.24, 2.45) is 0 Å². The highest BCUT2D eigenvalue weighted by Gasteiger charge is 1.96. The predicted octanol–water partition coefficient (Wildman–Crippen LogP) is 0.238. The van der Waals surface area contributed by atoms with Gasteiger partial charge in [0.1, 0.15) is 0 Å². The van der Waals surface area contributed by atoms with E-state index < -0.39 is 5.97 Å². The van der Waals surface area contributed by atoms with Crippen molar-refractivity contribution in [1.82, 2.24) is 4.31 Å². The molecule has 0 radical (unpaired) electrons. The number of thiol groups is 1. The number of carbonyl (C=O) groups is 1. The summed E-state index contributed by atoms with van der Waals surface area (Å²) >= 11 is 3.84. The summed E-state index contributed by atoms with van der Waals surface area (Å²) in [6.45, 7) is 0.485. The number of carboxylic acid groups (broad SMARTS) is 1. The second-order valence-corrected chi connectivity index (χ2v) is 2.21. The van der Waals surface area contributed by atoms with Crippen LogP contribution in [0.3, 0.4) is 0 Å². The number of hydrogen-bond donors (Lipinski definition) is 2. The molecule has 8 heavy (non-hydrogen) atoms. The fourth-order valence-corrected chi connectivity index (χ4v) is 0.357. The molecule has 0 aliphatic rings. The minimum absolute atomic E-state index is 0.153. The first-order chi connectivity index (χ1) is 3.63. The Labute approximate surface area is 53.8 Å². The summed E-state index contributed by atoms with van der Waals surface area (Å²) in [6, 6.07) is 0. The largest absolute Gasteiger partial charge is 0.481 e. The lowest BCUT2D eigenvalue weighted by Crippen LogP contribution is -2.10. The molecule has 0 atom stereocenters. The van der Waals surface area contributed by atoms with Gasteiger partial charge < -0.3 is 5.11 Å². The van der Waals surface area contributed by atoms with E-state index in [2.05, 4.69) is 12.8 Å². The van der Waals surface area contributed by atoms with Gasteiger partial charge in [-0.2, -0.15) is 0 Å². The van der Waals surface area contributed by atoms with Crippen LogP contribution in [0.4, 0.5) is 0 Å². The number of hydrogen-bond acceptors (Lipinski definition) is 3. The van der Waals surface area contributed by atoms with Crippen molar-refractivity contribution in [2.45, 2.75) is 6.42 Å². The first-order valence-corrected chi connectivity index (χ1v) is 2.64. The minimum Gasteiger partial charge on any atom is -0.481 e. The van der Waals surface area contributed by atoms with Gasteiger partial charge in [-0.1, -0.05) is 12.8 Å². The summed E-state index contributed by atoms with van der Waals surface area (Å²) in [5.41, 5.74) is 0. The van der Waals surface area contributed by atoms with Gasteiger partial charge in [-0.3, -0.25) is 9.10 Å². The molecule has 0 spiro atoms. The smallest absolute Gasteiger partial charge is 0.304 e. The van der Waals surface area contributed by atoms with Crippen LogP contribution in [-0.4, -0.2) is 29.0 Å². The first-order valence-electron chi connectivity index (χ1n) is 2.24. The number of aliphatic carboxylic acids is 1. The summed E-state index contributed by atoms with van der Waals surface area (Å²) in [5.74, 6) is -0.786. The second-order valence-electron chi connectivity index (χ2n) is 1.52. The molecule has 0 fully saturated rings. The van der Waals surface area contributed by atoms with Crippen molar-refractivity contribution in [3.8, 4) is 0 Å². The third kappa shape index (κ3) is 5.78. The third-order valence-corrected chi connectivity index (χ3v) is 0.849. The standard InChI is InChI=1S/C4H9NO2S/c1-5(8)3-2-4(6)7/h8H,2-3H2,1H3,(H,6,7). The normalized spacial score (nSPS) is 9.88. The van der Waals surface area contributed by atoms with Gasteiger partial charge in [-0.25, -0.2) is 0 Å². The van der Waals surface area contributed by atoms with Gasteiger partial charge in [0, 0.05) is 6.54 Å². The van der Waals surface area contributed by atoms with Crippen molar-refractivity contribution >= 4 is 18.8 Å². The molecule has 0 bridgehead atoms. The van der Waals surface area contributed by atoms with Gasteiger partial charge in [0.25, 0.3) is 0 Å². The quantitative estimate of drug-likeness (QED) is 0.544. The van der Waals surface area contributed by atoms with Gasteiger partial charge in [0.15, 0.2) is 0 Å². The van der Waals surface area contributed by atoms with Crippen LogP contribution in [0.1, 0.15) is 6.42 Å². The minimum atomic E-state index is -0.786. The van der Waals surface area contributed by atoms with Crippen LogP contribution in [0.2, 0.25) is 0 Å². The predicted molar refractivity (Wildman–Crippen MR) is 33.9 cm³/mol. The molecular formula is C4H9NO2S. The number of rotatable bonds is 3. The maximum Gasteiger partial charge on any atom is 0.304 e. The third-order valence-electron chi connectivity index (χ3n) is 0.649. The Morgan fingerprint density at radius 1 is 1.88 bits per heavy atom. The van der Waals surface area contributed by atoms with E-state index in [-0.39, 0.29) is 6.42 Å². The van der Waals surface area contributed by atoms with E-state index in [0.29, 0.717) is 6.54 Å². The average molecular weight is 135 g/mol. The molecule has 0 heterocycles. The van der Waals surface area contributed by atoms with E-state index >= 15 is 0 Å². The van der Waals surface area contributed by atoms with E-state index in [1.165, 1.54) is 4.31 Å². The Bertz CT molecular complexity index is 84.1. The van der Waals surface area contributed by atoms with Crippen LogP contribution in [-0.2, 0) is 4.79 Å². The van der Waals surface area contributed by atoms with Gasteiger partial charge in [0.05, 0.1) is 6.42 Å². The molecule has 0 aromatic heterocycles. The Kier molecular flexibility index (Phi) is 3.64. The SMILES string of the molecule is CN(S)CCC(=O)O. The zero-order valence-electron chi connectivity index (χ0n) is 4.66. The summed E-state index contributed by atoms with van der Waals surface area (Å²) in [7, 11) is 1.71. The lowest BCUT2D eigenvalue weighted by Gasteiger charge is -2.03. The van der Waals surface area contributed by atoms with Crippen molar-refractivity contribution in [1.29, 1.82) is 0 Å². The maximum absolute atomic E-state index is 9.84. The average Bonchev–Trinajstić information content (AvgIpc) is 1.61. The van der Waals surface area contributed by atoms with Crippen molar-refractivity contribution in [3.63, 3.8) is 0 Å². The maximum atomic E-state index is 9.84. The molecule has 0 aromatic carbocycles. The molecule has 1 N–H and O–H groups in total. The molecule has 4 heteroatoms. The van der Waals surface area contributed by atoms with E-state index in [4.69, 9.17) is 5.11 Å².